The molecule has 0 aliphatic heterocycles. The molecule has 0 saturated heterocycles. The Morgan fingerprint density at radius 1 is 0.842 bits per heavy atom. The maximum Gasteiger partial charge on any atom is 0.416 e. The summed E-state index contributed by atoms with van der Waals surface area (Å²) in [6.07, 6.45) is -9.60. The summed E-state index contributed by atoms with van der Waals surface area (Å²) >= 11 is 0. The monoisotopic (exact) mass is 328 g/mol. The van der Waals surface area contributed by atoms with E-state index in [0.717, 1.165) is 0 Å². The van der Waals surface area contributed by atoms with Gasteiger partial charge in [-0.1, -0.05) is 5.56 Å². The van der Waals surface area contributed by atoms with Crippen LogP contribution in [0.5, 0.6) is 0 Å². The lowest BCUT2D eigenvalue weighted by atomic mass is 10.0. The van der Waals surface area contributed by atoms with Crippen LogP contribution >= 0.6 is 24.8 Å². The summed E-state index contributed by atoms with van der Waals surface area (Å²) in [4.78, 5) is 0. The molecule has 9 heteroatoms. The molecule has 0 atom stereocenters. The summed E-state index contributed by atoms with van der Waals surface area (Å²) in [6, 6.07) is 1.43. The summed E-state index contributed by atoms with van der Waals surface area (Å²) in [6.45, 7) is -0.188. The molecule has 0 aliphatic rings. The Labute approximate surface area is 118 Å². The highest BCUT2D eigenvalue weighted by Gasteiger charge is 2.36. The van der Waals surface area contributed by atoms with Gasteiger partial charge < -0.3 is 5.32 Å². The molecule has 19 heavy (non-hydrogen) atoms. The number of hydrogen-bond donors (Lipinski definition) is 0. The Bertz CT molecular complexity index is 370. The van der Waals surface area contributed by atoms with Crippen molar-refractivity contribution in [1.82, 2.24) is 0 Å². The quantitative estimate of drug-likeness (QED) is 0.673. The molecule has 0 heterocycles. The number of halogens is 8. The predicted molar refractivity (Wildman–Crippen MR) is 63.9 cm³/mol. The van der Waals surface area contributed by atoms with E-state index in [2.05, 4.69) is 5.32 Å². The second-order valence-electron chi connectivity index (χ2n) is 3.39. The first-order valence-electron chi connectivity index (χ1n) is 4.48. The number of hydrogen-bond acceptors (Lipinski definition) is 0. The van der Waals surface area contributed by atoms with Crippen LogP contribution in [-0.2, 0) is 18.9 Å². The predicted octanol–water partition coefficient (Wildman–Crippen LogP) is 5.07. The molecule has 1 aromatic rings. The summed E-state index contributed by atoms with van der Waals surface area (Å²) in [5.41, 5.74) is -2.74. The maximum atomic E-state index is 12.4. The topological polar surface area (TPSA) is 14.1 Å². The number of alkyl halides is 6. The van der Waals surface area contributed by atoms with Gasteiger partial charge in [0.2, 0.25) is 0 Å². The molecule has 0 bridgehead atoms. The fourth-order valence-corrected chi connectivity index (χ4v) is 1.29. The van der Waals surface area contributed by atoms with E-state index >= 15 is 0 Å². The smallest absolute Gasteiger partial charge is 0.416 e. The van der Waals surface area contributed by atoms with Crippen molar-refractivity contribution in [2.24, 2.45) is 0 Å². The Kier molecular flexibility index (Phi) is 7.84. The normalized spacial score (nSPS) is 11.5. The second kappa shape index (κ2) is 7.21. The van der Waals surface area contributed by atoms with Gasteiger partial charge in [0.25, 0.3) is 0 Å². The number of nitrogens with zero attached hydrogens (tertiary/aromatic N) is 1. The zero-order valence-electron chi connectivity index (χ0n) is 9.47. The van der Waals surface area contributed by atoms with Crippen molar-refractivity contribution < 1.29 is 26.3 Å². The van der Waals surface area contributed by atoms with Gasteiger partial charge >= 0.3 is 12.4 Å². The SMILES string of the molecule is C[N-]Cc1cc(C(F)(F)F)cc(C(F)(F)F)c1.Cl.Cl. The van der Waals surface area contributed by atoms with Crippen molar-refractivity contribution in [3.63, 3.8) is 0 Å². The van der Waals surface area contributed by atoms with E-state index in [0.29, 0.717) is 12.1 Å². The lowest BCUT2D eigenvalue weighted by Gasteiger charge is -2.17. The molecule has 1 aromatic carbocycles. The zero-order valence-corrected chi connectivity index (χ0v) is 11.1. The van der Waals surface area contributed by atoms with E-state index < -0.39 is 23.5 Å². The highest BCUT2D eigenvalue weighted by Crippen LogP contribution is 2.36. The lowest BCUT2D eigenvalue weighted by molar-refractivity contribution is -0.143. The summed E-state index contributed by atoms with van der Waals surface area (Å²) in [7, 11) is 1.31. The fraction of sp³-hybridized carbons (Fsp3) is 0.400. The van der Waals surface area contributed by atoms with Gasteiger partial charge in [-0.2, -0.15) is 33.4 Å². The molecule has 0 fully saturated rings. The van der Waals surface area contributed by atoms with Gasteiger partial charge in [-0.25, -0.2) is 0 Å². The van der Waals surface area contributed by atoms with E-state index in [-0.39, 0.29) is 43.0 Å². The van der Waals surface area contributed by atoms with Crippen LogP contribution < -0.4 is 0 Å². The molecule has 112 valence electrons. The first-order valence-corrected chi connectivity index (χ1v) is 4.48. The highest BCUT2D eigenvalue weighted by molar-refractivity contribution is 5.85. The molecule has 0 amide bonds. The van der Waals surface area contributed by atoms with Crippen molar-refractivity contribution in [3.05, 3.63) is 40.2 Å². The van der Waals surface area contributed by atoms with Gasteiger partial charge in [0, 0.05) is 0 Å². The van der Waals surface area contributed by atoms with E-state index in [1.54, 1.807) is 0 Å². The fourth-order valence-electron chi connectivity index (χ4n) is 1.29. The second-order valence-corrected chi connectivity index (χ2v) is 3.39. The third-order valence-electron chi connectivity index (χ3n) is 1.99. The summed E-state index contributed by atoms with van der Waals surface area (Å²) in [5.74, 6) is 0. The molecular weight excluding hydrogens is 319 g/mol. The molecule has 0 N–H and O–H groups in total. The van der Waals surface area contributed by atoms with Gasteiger partial charge in [0.15, 0.2) is 0 Å². The van der Waals surface area contributed by atoms with Crippen molar-refractivity contribution >= 4 is 24.8 Å². The summed E-state index contributed by atoms with van der Waals surface area (Å²) in [5, 5.41) is 3.52. The number of rotatable bonds is 2. The Morgan fingerprint density at radius 2 is 1.21 bits per heavy atom. The van der Waals surface area contributed by atoms with Gasteiger partial charge in [-0.15, -0.1) is 31.4 Å². The maximum absolute atomic E-state index is 12.4. The molecular formula is C10H10Cl2F6N-. The molecule has 0 spiro atoms. The van der Waals surface area contributed by atoms with Crippen molar-refractivity contribution in [3.8, 4) is 0 Å². The zero-order chi connectivity index (χ0) is 13.3. The van der Waals surface area contributed by atoms with E-state index in [9.17, 15) is 26.3 Å². The third-order valence-corrected chi connectivity index (χ3v) is 1.99. The molecule has 0 unspecified atom stereocenters. The van der Waals surface area contributed by atoms with Crippen LogP contribution in [0.4, 0.5) is 26.3 Å². The van der Waals surface area contributed by atoms with Crippen molar-refractivity contribution in [2.45, 2.75) is 18.9 Å². The first-order chi connectivity index (χ1) is 7.64. The Hall–Kier alpha value is -0.660. The molecule has 0 aromatic heterocycles. The highest BCUT2D eigenvalue weighted by atomic mass is 35.5. The van der Waals surface area contributed by atoms with Crippen molar-refractivity contribution in [1.29, 1.82) is 0 Å². The molecule has 0 aliphatic carbocycles. The molecule has 0 radical (unpaired) electrons. The summed E-state index contributed by atoms with van der Waals surface area (Å²) < 4.78 is 74.3. The Balaban J connectivity index is 0. The van der Waals surface area contributed by atoms with Crippen LogP contribution in [0.25, 0.3) is 5.32 Å². The minimum absolute atomic E-state index is 0. The third kappa shape index (κ3) is 5.88. The minimum atomic E-state index is -4.80. The average molecular weight is 329 g/mol. The minimum Gasteiger partial charge on any atom is -0.661 e. The van der Waals surface area contributed by atoms with Crippen LogP contribution in [0.3, 0.4) is 0 Å². The van der Waals surface area contributed by atoms with Gasteiger partial charge in [-0.05, 0) is 18.2 Å². The van der Waals surface area contributed by atoms with Gasteiger partial charge in [0.05, 0.1) is 11.1 Å². The van der Waals surface area contributed by atoms with Crippen molar-refractivity contribution in [2.75, 3.05) is 7.05 Å². The largest absolute Gasteiger partial charge is 0.661 e. The van der Waals surface area contributed by atoms with Crippen LogP contribution in [0.1, 0.15) is 16.7 Å². The van der Waals surface area contributed by atoms with Crippen LogP contribution in [0, 0.1) is 0 Å². The van der Waals surface area contributed by atoms with Gasteiger partial charge in [-0.3, -0.25) is 0 Å². The Morgan fingerprint density at radius 3 is 1.47 bits per heavy atom. The lowest BCUT2D eigenvalue weighted by Crippen LogP contribution is -2.11. The molecule has 1 nitrogen and oxygen atoms in total. The standard InChI is InChI=1S/C10H8F6N.2ClH/c1-17-5-6-2-7(9(11,12)13)4-8(3-6)10(14,15)16;;/h2-4H,5H2,1H3;2*1H/q-1;;. The molecule has 0 saturated carbocycles. The van der Waals surface area contributed by atoms with Gasteiger partial charge in [0.1, 0.15) is 0 Å². The average Bonchev–Trinajstić information content (AvgIpc) is 2.15. The molecule has 1 rings (SSSR count). The first kappa shape index (κ1) is 20.7. The van der Waals surface area contributed by atoms with E-state index in [1.165, 1.54) is 7.05 Å². The number of benzene rings is 1. The van der Waals surface area contributed by atoms with Crippen LogP contribution in [0.2, 0.25) is 0 Å². The van der Waals surface area contributed by atoms with E-state index in [4.69, 9.17) is 0 Å². The van der Waals surface area contributed by atoms with Crippen LogP contribution in [-0.4, -0.2) is 7.05 Å². The van der Waals surface area contributed by atoms with Crippen LogP contribution in [0.15, 0.2) is 18.2 Å². The van der Waals surface area contributed by atoms with E-state index in [1.807, 2.05) is 0 Å².